The summed E-state index contributed by atoms with van der Waals surface area (Å²) in [6, 6.07) is 15.0. The van der Waals surface area contributed by atoms with Crippen LogP contribution in [0, 0.1) is 0 Å². The first-order valence-electron chi connectivity index (χ1n) is 8.72. The zero-order chi connectivity index (χ0) is 17.2. The highest BCUT2D eigenvalue weighted by Gasteiger charge is 2.30. The molecule has 25 heavy (non-hydrogen) atoms. The summed E-state index contributed by atoms with van der Waals surface area (Å²) in [5.74, 6) is 0.164. The lowest BCUT2D eigenvalue weighted by molar-refractivity contribution is -0.130. The zero-order valence-corrected chi connectivity index (χ0v) is 14.3. The number of hydrogen-bond acceptors (Lipinski definition) is 3. The van der Waals surface area contributed by atoms with E-state index in [1.165, 1.54) is 11.1 Å². The van der Waals surface area contributed by atoms with Gasteiger partial charge in [0, 0.05) is 37.1 Å². The van der Waals surface area contributed by atoms with Crippen LogP contribution in [0.5, 0.6) is 0 Å². The van der Waals surface area contributed by atoms with Crippen LogP contribution in [0.1, 0.15) is 30.9 Å². The normalized spacial score (nSPS) is 13.8. The average Bonchev–Trinajstić information content (AvgIpc) is 3.34. The number of benzene rings is 2. The minimum atomic E-state index is 0.164. The van der Waals surface area contributed by atoms with E-state index >= 15 is 0 Å². The first-order chi connectivity index (χ1) is 12.2. The number of nitrogens with zero attached hydrogens (tertiary/aromatic N) is 2. The third kappa shape index (κ3) is 3.50. The van der Waals surface area contributed by atoms with Crippen LogP contribution in [-0.2, 0) is 17.9 Å². The molecule has 4 rings (SSSR count). The van der Waals surface area contributed by atoms with Crippen LogP contribution in [0.3, 0.4) is 0 Å². The van der Waals surface area contributed by atoms with Crippen LogP contribution in [0.25, 0.3) is 10.9 Å². The van der Waals surface area contributed by atoms with Gasteiger partial charge in [-0.3, -0.25) is 9.89 Å². The number of aromatic nitrogens is 2. The smallest absolute Gasteiger partial charge is 0.219 e. The second-order valence-electron chi connectivity index (χ2n) is 6.68. The highest BCUT2D eigenvalue weighted by molar-refractivity contribution is 5.81. The molecule has 128 valence electrons. The number of carbonyl (C=O) groups is 1. The summed E-state index contributed by atoms with van der Waals surface area (Å²) in [6.07, 6.45) is 4.12. The van der Waals surface area contributed by atoms with Gasteiger partial charge in [-0.25, -0.2) is 0 Å². The van der Waals surface area contributed by atoms with E-state index in [2.05, 4.69) is 51.9 Å². The van der Waals surface area contributed by atoms with Crippen LogP contribution in [0.2, 0.25) is 0 Å². The molecule has 2 N–H and O–H groups in total. The van der Waals surface area contributed by atoms with Gasteiger partial charge < -0.3 is 10.2 Å². The van der Waals surface area contributed by atoms with Gasteiger partial charge in [-0.15, -0.1) is 0 Å². The van der Waals surface area contributed by atoms with E-state index in [4.69, 9.17) is 0 Å². The summed E-state index contributed by atoms with van der Waals surface area (Å²) < 4.78 is 0. The van der Waals surface area contributed by atoms with Crippen molar-refractivity contribution in [3.63, 3.8) is 0 Å². The Balaban J connectivity index is 1.40. The number of nitrogens with one attached hydrogen (secondary N) is 2. The molecule has 0 aliphatic heterocycles. The molecule has 5 nitrogen and oxygen atoms in total. The Bertz CT molecular complexity index is 880. The van der Waals surface area contributed by atoms with E-state index < -0.39 is 0 Å². The molecule has 1 heterocycles. The van der Waals surface area contributed by atoms with E-state index in [1.54, 1.807) is 6.92 Å². The highest BCUT2D eigenvalue weighted by Crippen LogP contribution is 2.28. The van der Waals surface area contributed by atoms with Crippen molar-refractivity contribution in [2.24, 2.45) is 0 Å². The SMILES string of the molecule is CC(=O)N(Cc1ccc(NCc2cccc3cn[nH]c23)cc1)C1CC1. The molecule has 1 aliphatic rings. The second-order valence-corrected chi connectivity index (χ2v) is 6.68. The fraction of sp³-hybridized carbons (Fsp3) is 0.300. The minimum absolute atomic E-state index is 0.164. The third-order valence-electron chi connectivity index (χ3n) is 4.74. The van der Waals surface area contributed by atoms with Crippen LogP contribution in [-0.4, -0.2) is 27.0 Å². The third-order valence-corrected chi connectivity index (χ3v) is 4.74. The van der Waals surface area contributed by atoms with Crippen molar-refractivity contribution in [3.05, 3.63) is 59.8 Å². The molecule has 3 aromatic rings. The van der Waals surface area contributed by atoms with Gasteiger partial charge in [-0.2, -0.15) is 5.10 Å². The molecule has 0 saturated heterocycles. The molecule has 0 atom stereocenters. The van der Waals surface area contributed by atoms with Crippen molar-refractivity contribution >= 4 is 22.5 Å². The van der Waals surface area contributed by atoms with Crippen molar-refractivity contribution in [3.8, 4) is 0 Å². The number of para-hydroxylation sites is 1. The predicted octanol–water partition coefficient (Wildman–Crippen LogP) is 3.69. The second kappa shape index (κ2) is 6.59. The molecule has 0 bridgehead atoms. The van der Waals surface area contributed by atoms with E-state index in [-0.39, 0.29) is 5.91 Å². The lowest BCUT2D eigenvalue weighted by atomic mass is 10.1. The maximum Gasteiger partial charge on any atom is 0.219 e. The van der Waals surface area contributed by atoms with Gasteiger partial charge in [-0.05, 0) is 36.1 Å². The number of anilines is 1. The standard InChI is InChI=1S/C20H22N4O/c1-14(25)24(19-9-10-19)13-15-5-7-18(8-6-15)21-11-16-3-2-4-17-12-22-23-20(16)17/h2-8,12,19,21H,9-11,13H2,1H3,(H,22,23). The van der Waals surface area contributed by atoms with E-state index in [9.17, 15) is 4.79 Å². The van der Waals surface area contributed by atoms with Crippen LogP contribution >= 0.6 is 0 Å². The van der Waals surface area contributed by atoms with E-state index in [0.29, 0.717) is 12.6 Å². The molecule has 1 fully saturated rings. The molecule has 1 amide bonds. The number of amides is 1. The molecule has 0 unspecified atom stereocenters. The Morgan fingerprint density at radius 3 is 2.76 bits per heavy atom. The molecule has 1 aliphatic carbocycles. The van der Waals surface area contributed by atoms with Gasteiger partial charge >= 0.3 is 0 Å². The molecule has 1 saturated carbocycles. The lowest BCUT2D eigenvalue weighted by Gasteiger charge is -2.20. The zero-order valence-electron chi connectivity index (χ0n) is 14.3. The maximum atomic E-state index is 11.7. The van der Waals surface area contributed by atoms with Crippen molar-refractivity contribution in [2.75, 3.05) is 5.32 Å². The first kappa shape index (κ1) is 15.7. The number of hydrogen-bond donors (Lipinski definition) is 2. The molecule has 2 aromatic carbocycles. The summed E-state index contributed by atoms with van der Waals surface area (Å²) >= 11 is 0. The molecule has 1 aromatic heterocycles. The van der Waals surface area contributed by atoms with Crippen LogP contribution in [0.15, 0.2) is 48.7 Å². The van der Waals surface area contributed by atoms with Gasteiger partial charge in [0.05, 0.1) is 11.7 Å². The van der Waals surface area contributed by atoms with Gasteiger partial charge in [0.1, 0.15) is 0 Å². The van der Waals surface area contributed by atoms with Gasteiger partial charge in [0.15, 0.2) is 0 Å². The first-order valence-corrected chi connectivity index (χ1v) is 8.72. The van der Waals surface area contributed by atoms with Gasteiger partial charge in [0.25, 0.3) is 0 Å². The summed E-state index contributed by atoms with van der Waals surface area (Å²) in [6.45, 7) is 3.10. The fourth-order valence-corrected chi connectivity index (χ4v) is 3.18. The van der Waals surface area contributed by atoms with Crippen LogP contribution in [0.4, 0.5) is 5.69 Å². The monoisotopic (exact) mass is 334 g/mol. The van der Waals surface area contributed by atoms with Crippen LogP contribution < -0.4 is 5.32 Å². The Kier molecular flexibility index (Phi) is 4.14. The van der Waals surface area contributed by atoms with Gasteiger partial charge in [-0.1, -0.05) is 30.3 Å². The largest absolute Gasteiger partial charge is 0.381 e. The van der Waals surface area contributed by atoms with Crippen molar-refractivity contribution in [2.45, 2.75) is 38.9 Å². The minimum Gasteiger partial charge on any atom is -0.381 e. The number of carbonyl (C=O) groups excluding carboxylic acids is 1. The van der Waals surface area contributed by atoms with Crippen molar-refractivity contribution in [1.82, 2.24) is 15.1 Å². The molecule has 5 heteroatoms. The fourth-order valence-electron chi connectivity index (χ4n) is 3.18. The predicted molar refractivity (Wildman–Crippen MR) is 99.1 cm³/mol. The summed E-state index contributed by atoms with van der Waals surface area (Å²) in [5.41, 5.74) is 4.51. The average molecular weight is 334 g/mol. The van der Waals surface area contributed by atoms with E-state index in [0.717, 1.165) is 36.0 Å². The number of aromatic amines is 1. The number of fused-ring (bicyclic) bond motifs is 1. The lowest BCUT2D eigenvalue weighted by Crippen LogP contribution is -2.30. The molecular formula is C20H22N4O. The highest BCUT2D eigenvalue weighted by atomic mass is 16.2. The van der Waals surface area contributed by atoms with Crippen molar-refractivity contribution in [1.29, 1.82) is 0 Å². The Hall–Kier alpha value is -2.82. The van der Waals surface area contributed by atoms with E-state index in [1.807, 2.05) is 17.2 Å². The maximum absolute atomic E-state index is 11.7. The molecular weight excluding hydrogens is 312 g/mol. The van der Waals surface area contributed by atoms with Crippen molar-refractivity contribution < 1.29 is 4.79 Å². The topological polar surface area (TPSA) is 61.0 Å². The number of rotatable bonds is 6. The Morgan fingerprint density at radius 2 is 2.04 bits per heavy atom. The summed E-state index contributed by atoms with van der Waals surface area (Å²) in [5, 5.41) is 11.7. The Morgan fingerprint density at radius 1 is 1.24 bits per heavy atom. The summed E-state index contributed by atoms with van der Waals surface area (Å²) in [4.78, 5) is 13.7. The van der Waals surface area contributed by atoms with Gasteiger partial charge in [0.2, 0.25) is 5.91 Å². The summed E-state index contributed by atoms with van der Waals surface area (Å²) in [7, 11) is 0. The number of H-pyrrole nitrogens is 1. The quantitative estimate of drug-likeness (QED) is 0.723. The molecule has 0 spiro atoms. The Labute approximate surface area is 147 Å². The molecule has 0 radical (unpaired) electrons.